The van der Waals surface area contributed by atoms with Crippen LogP contribution in [-0.2, 0) is 16.4 Å². The monoisotopic (exact) mass is 429 g/mol. The van der Waals surface area contributed by atoms with Crippen LogP contribution in [0.25, 0.3) is 11.4 Å². The fourth-order valence-corrected chi connectivity index (χ4v) is 5.73. The average Bonchev–Trinajstić information content (AvgIpc) is 3.16. The molecule has 1 atom stereocenters. The van der Waals surface area contributed by atoms with Crippen molar-refractivity contribution in [2.75, 3.05) is 13.1 Å². The number of hydrogen-bond acceptors (Lipinski definition) is 5. The number of hydrogen-bond donors (Lipinski definition) is 0. The number of benzene rings is 2. The van der Waals surface area contributed by atoms with Gasteiger partial charge in [-0.2, -0.15) is 9.29 Å². The van der Waals surface area contributed by atoms with Crippen LogP contribution in [0.1, 0.15) is 29.9 Å². The fraction of sp³-hybridized carbons (Fsp3) is 0.364. The third kappa shape index (κ3) is 4.15. The summed E-state index contributed by atoms with van der Waals surface area (Å²) in [6.45, 7) is 4.44. The van der Waals surface area contributed by atoms with Crippen molar-refractivity contribution in [2.24, 2.45) is 5.92 Å². The van der Waals surface area contributed by atoms with E-state index in [2.05, 4.69) is 10.1 Å². The smallest absolute Gasteiger partial charge is 0.243 e. The molecule has 1 aromatic heterocycles. The minimum absolute atomic E-state index is 0.0828. The van der Waals surface area contributed by atoms with Crippen molar-refractivity contribution >= 4 is 10.0 Å². The van der Waals surface area contributed by atoms with Gasteiger partial charge in [-0.25, -0.2) is 12.8 Å². The Kier molecular flexibility index (Phi) is 5.71. The quantitative estimate of drug-likeness (QED) is 0.609. The van der Waals surface area contributed by atoms with E-state index in [0.29, 0.717) is 36.8 Å². The third-order valence-electron chi connectivity index (χ3n) is 5.55. The van der Waals surface area contributed by atoms with E-state index < -0.39 is 15.8 Å². The zero-order valence-corrected chi connectivity index (χ0v) is 17.8. The van der Waals surface area contributed by atoms with E-state index in [9.17, 15) is 12.8 Å². The van der Waals surface area contributed by atoms with E-state index in [1.165, 1.54) is 22.5 Å². The van der Waals surface area contributed by atoms with Crippen molar-refractivity contribution in [2.45, 2.75) is 38.0 Å². The lowest BCUT2D eigenvalue weighted by Crippen LogP contribution is -2.40. The summed E-state index contributed by atoms with van der Waals surface area (Å²) < 4.78 is 46.5. The SMILES string of the molecule is Cc1ccccc1-c1noc(CC2CCCN(S(=O)(=O)c3ccc(F)cc3C)C2)n1. The molecule has 0 radical (unpaired) electrons. The highest BCUT2D eigenvalue weighted by molar-refractivity contribution is 7.89. The van der Waals surface area contributed by atoms with Gasteiger partial charge in [-0.15, -0.1) is 0 Å². The molecule has 1 aliphatic rings. The first-order chi connectivity index (χ1) is 14.3. The number of piperidine rings is 1. The first-order valence-corrected chi connectivity index (χ1v) is 11.4. The highest BCUT2D eigenvalue weighted by Crippen LogP contribution is 2.28. The summed E-state index contributed by atoms with van der Waals surface area (Å²) in [5.74, 6) is 0.698. The Balaban J connectivity index is 1.49. The maximum Gasteiger partial charge on any atom is 0.243 e. The van der Waals surface area contributed by atoms with Crippen molar-refractivity contribution in [1.29, 1.82) is 0 Å². The molecule has 3 aromatic rings. The van der Waals surface area contributed by atoms with Crippen LogP contribution >= 0.6 is 0 Å². The molecule has 0 bridgehead atoms. The lowest BCUT2D eigenvalue weighted by atomic mass is 9.96. The second kappa shape index (κ2) is 8.28. The van der Waals surface area contributed by atoms with Gasteiger partial charge in [0.1, 0.15) is 5.82 Å². The molecule has 0 N–H and O–H groups in total. The van der Waals surface area contributed by atoms with Crippen molar-refractivity contribution in [3.8, 4) is 11.4 Å². The Hall–Kier alpha value is -2.58. The predicted molar refractivity (Wildman–Crippen MR) is 111 cm³/mol. The first kappa shape index (κ1) is 20.7. The van der Waals surface area contributed by atoms with E-state index in [0.717, 1.165) is 24.0 Å². The number of halogens is 1. The maximum atomic E-state index is 13.4. The van der Waals surface area contributed by atoms with Gasteiger partial charge in [0.05, 0.1) is 4.90 Å². The number of nitrogens with zero attached hydrogens (tertiary/aromatic N) is 3. The minimum atomic E-state index is -3.68. The zero-order valence-electron chi connectivity index (χ0n) is 17.0. The van der Waals surface area contributed by atoms with Crippen LogP contribution in [-0.4, -0.2) is 36.0 Å². The third-order valence-corrected chi connectivity index (χ3v) is 7.58. The topological polar surface area (TPSA) is 76.3 Å². The number of rotatable bonds is 5. The van der Waals surface area contributed by atoms with Crippen LogP contribution in [0, 0.1) is 25.6 Å². The standard InChI is InChI=1S/C22H24FN3O3S/c1-15-6-3-4-8-19(15)22-24-21(29-25-22)13-17-7-5-11-26(14-17)30(27,28)20-10-9-18(23)12-16(20)2/h3-4,6,8-10,12,17H,5,7,11,13-14H2,1-2H3. The van der Waals surface area contributed by atoms with Gasteiger partial charge in [-0.3, -0.25) is 0 Å². The van der Waals surface area contributed by atoms with Crippen molar-refractivity contribution in [3.63, 3.8) is 0 Å². The van der Waals surface area contributed by atoms with Gasteiger partial charge < -0.3 is 4.52 Å². The lowest BCUT2D eigenvalue weighted by molar-refractivity contribution is 0.247. The Morgan fingerprint density at radius 1 is 1.17 bits per heavy atom. The second-order valence-corrected chi connectivity index (χ2v) is 9.72. The normalized spacial score (nSPS) is 17.9. The van der Waals surface area contributed by atoms with Crippen LogP contribution in [0.5, 0.6) is 0 Å². The van der Waals surface area contributed by atoms with E-state index in [-0.39, 0.29) is 10.8 Å². The van der Waals surface area contributed by atoms with Crippen molar-refractivity contribution < 1.29 is 17.3 Å². The average molecular weight is 430 g/mol. The molecule has 158 valence electrons. The fourth-order valence-electron chi connectivity index (χ4n) is 3.97. The summed E-state index contributed by atoms with van der Waals surface area (Å²) in [5, 5.41) is 4.09. The molecule has 2 heterocycles. The number of aryl methyl sites for hydroxylation is 2. The van der Waals surface area contributed by atoms with Crippen molar-refractivity contribution in [3.05, 3.63) is 65.3 Å². The second-order valence-electron chi connectivity index (χ2n) is 7.81. The highest BCUT2D eigenvalue weighted by Gasteiger charge is 2.32. The summed E-state index contributed by atoms with van der Waals surface area (Å²) in [6.07, 6.45) is 2.16. The lowest BCUT2D eigenvalue weighted by Gasteiger charge is -2.31. The first-order valence-electron chi connectivity index (χ1n) is 9.99. The minimum Gasteiger partial charge on any atom is -0.339 e. The highest BCUT2D eigenvalue weighted by atomic mass is 32.2. The summed E-state index contributed by atoms with van der Waals surface area (Å²) in [6, 6.07) is 11.6. The molecule has 2 aromatic carbocycles. The van der Waals surface area contributed by atoms with Gasteiger partial charge in [-0.1, -0.05) is 29.4 Å². The van der Waals surface area contributed by atoms with E-state index in [1.807, 2.05) is 31.2 Å². The Labute approximate surface area is 175 Å². The molecule has 8 heteroatoms. The molecule has 1 aliphatic heterocycles. The number of sulfonamides is 1. The summed E-state index contributed by atoms with van der Waals surface area (Å²) in [7, 11) is -3.68. The molecule has 6 nitrogen and oxygen atoms in total. The van der Waals surface area contributed by atoms with E-state index >= 15 is 0 Å². The summed E-state index contributed by atoms with van der Waals surface area (Å²) in [4.78, 5) is 4.67. The molecule has 0 aliphatic carbocycles. The van der Waals surface area contributed by atoms with Gasteiger partial charge in [-0.05, 0) is 61.9 Å². The Bertz CT molecular complexity index is 1160. The largest absolute Gasteiger partial charge is 0.339 e. The van der Waals surface area contributed by atoms with Gasteiger partial charge in [0.2, 0.25) is 21.7 Å². The molecule has 1 unspecified atom stereocenters. The molecule has 0 saturated carbocycles. The van der Waals surface area contributed by atoms with E-state index in [1.54, 1.807) is 6.92 Å². The van der Waals surface area contributed by atoms with Crippen LogP contribution in [0.2, 0.25) is 0 Å². The molecule has 30 heavy (non-hydrogen) atoms. The maximum absolute atomic E-state index is 13.4. The molecule has 0 spiro atoms. The van der Waals surface area contributed by atoms with Gasteiger partial charge >= 0.3 is 0 Å². The van der Waals surface area contributed by atoms with Crippen LogP contribution in [0.4, 0.5) is 4.39 Å². The zero-order chi connectivity index (χ0) is 21.3. The predicted octanol–water partition coefficient (Wildman–Crippen LogP) is 4.14. The van der Waals surface area contributed by atoms with Gasteiger partial charge in [0.25, 0.3) is 0 Å². The Morgan fingerprint density at radius 3 is 2.73 bits per heavy atom. The Morgan fingerprint density at radius 2 is 1.97 bits per heavy atom. The van der Waals surface area contributed by atoms with E-state index in [4.69, 9.17) is 4.52 Å². The molecular formula is C22H24FN3O3S. The number of aromatic nitrogens is 2. The molecule has 1 saturated heterocycles. The van der Waals surface area contributed by atoms with Gasteiger partial charge in [0, 0.05) is 25.1 Å². The van der Waals surface area contributed by atoms with Crippen molar-refractivity contribution in [1.82, 2.24) is 14.4 Å². The summed E-state index contributed by atoms with van der Waals surface area (Å²) in [5.41, 5.74) is 2.40. The van der Waals surface area contributed by atoms with Gasteiger partial charge in [0.15, 0.2) is 0 Å². The summed E-state index contributed by atoms with van der Waals surface area (Å²) >= 11 is 0. The molecular weight excluding hydrogens is 405 g/mol. The molecule has 0 amide bonds. The van der Waals surface area contributed by atoms with Crippen LogP contribution in [0.15, 0.2) is 51.9 Å². The van der Waals surface area contributed by atoms with Crippen LogP contribution < -0.4 is 0 Å². The van der Waals surface area contributed by atoms with Crippen LogP contribution in [0.3, 0.4) is 0 Å². The molecule has 4 rings (SSSR count). The molecule has 1 fully saturated rings.